The maximum Gasteiger partial charge on any atom is 0.270 e. The van der Waals surface area contributed by atoms with Crippen LogP contribution in [-0.2, 0) is 11.3 Å². The number of thioether (sulfide) groups is 1. The van der Waals surface area contributed by atoms with Crippen molar-refractivity contribution in [3.8, 4) is 6.07 Å². The molecule has 1 aliphatic carbocycles. The summed E-state index contributed by atoms with van der Waals surface area (Å²) in [4.78, 5) is 33.2. The highest BCUT2D eigenvalue weighted by molar-refractivity contribution is 8.26. The Morgan fingerprint density at radius 2 is 1.88 bits per heavy atom. The predicted octanol–water partition coefficient (Wildman–Crippen LogP) is 2.31. The number of hydrogen-bond acceptors (Lipinski definition) is 8. The van der Waals surface area contributed by atoms with Crippen molar-refractivity contribution in [2.45, 2.75) is 52.1 Å². The van der Waals surface area contributed by atoms with Crippen molar-refractivity contribution in [1.82, 2.24) is 14.4 Å². The molecule has 0 bridgehead atoms. The molecule has 0 aromatic carbocycles. The highest BCUT2D eigenvalue weighted by Gasteiger charge is 2.38. The van der Waals surface area contributed by atoms with Gasteiger partial charge in [0.25, 0.3) is 11.5 Å². The van der Waals surface area contributed by atoms with E-state index in [1.54, 1.807) is 16.4 Å². The number of aliphatic hydroxyl groups excluding tert-OH is 1. The molecular formula is C24H31N5O3S2. The number of carbonyl (C=O) groups excluding carboxylic acids is 1. The van der Waals surface area contributed by atoms with E-state index in [-0.39, 0.29) is 29.7 Å². The molecule has 2 aliphatic heterocycles. The molecular weight excluding hydrogens is 470 g/mol. The summed E-state index contributed by atoms with van der Waals surface area (Å²) in [5.41, 5.74) is 1.14. The Morgan fingerprint density at radius 1 is 1.21 bits per heavy atom. The van der Waals surface area contributed by atoms with Gasteiger partial charge in [-0.3, -0.25) is 24.0 Å². The van der Waals surface area contributed by atoms with Crippen LogP contribution in [0.25, 0.3) is 6.08 Å². The lowest BCUT2D eigenvalue weighted by Crippen LogP contribution is -2.49. The van der Waals surface area contributed by atoms with Crippen LogP contribution in [0, 0.1) is 18.3 Å². The highest BCUT2D eigenvalue weighted by Crippen LogP contribution is 2.39. The molecule has 2 saturated heterocycles. The summed E-state index contributed by atoms with van der Waals surface area (Å²) in [7, 11) is 0. The Morgan fingerprint density at radius 3 is 2.47 bits per heavy atom. The number of anilines is 1. The summed E-state index contributed by atoms with van der Waals surface area (Å²) in [6.45, 7) is 7.75. The van der Waals surface area contributed by atoms with Crippen LogP contribution in [0.2, 0.25) is 0 Å². The van der Waals surface area contributed by atoms with Gasteiger partial charge in [0.15, 0.2) is 0 Å². The fourth-order valence-corrected chi connectivity index (χ4v) is 6.57. The van der Waals surface area contributed by atoms with Gasteiger partial charge in [-0.05, 0) is 38.3 Å². The summed E-state index contributed by atoms with van der Waals surface area (Å²) < 4.78 is 2.24. The molecule has 3 aliphatic rings. The second-order valence-electron chi connectivity index (χ2n) is 8.94. The second kappa shape index (κ2) is 10.6. The SMILES string of the molecule is CCn1c(N2CCN(CCO)CC2)c(/C=C2\SC(=S)N(C3CCCC3)C2=O)c(C)c(C#N)c1=O. The Balaban J connectivity index is 1.79. The van der Waals surface area contributed by atoms with E-state index in [1.165, 1.54) is 11.8 Å². The number of aromatic nitrogens is 1. The first-order valence-electron chi connectivity index (χ1n) is 11.9. The highest BCUT2D eigenvalue weighted by atomic mass is 32.2. The fraction of sp³-hybridized carbons (Fsp3) is 0.583. The molecule has 10 heteroatoms. The van der Waals surface area contributed by atoms with Crippen LogP contribution >= 0.6 is 24.0 Å². The first kappa shape index (κ1) is 24.9. The van der Waals surface area contributed by atoms with Crippen LogP contribution < -0.4 is 10.5 Å². The first-order valence-corrected chi connectivity index (χ1v) is 13.2. The van der Waals surface area contributed by atoms with Crippen LogP contribution in [0.5, 0.6) is 0 Å². The zero-order valence-corrected chi connectivity index (χ0v) is 21.4. The fourth-order valence-electron chi connectivity index (χ4n) is 5.19. The average molecular weight is 502 g/mol. The maximum atomic E-state index is 13.4. The number of nitriles is 1. The van der Waals surface area contributed by atoms with Crippen LogP contribution in [0.4, 0.5) is 5.82 Å². The smallest absolute Gasteiger partial charge is 0.270 e. The Bertz CT molecular complexity index is 1110. The molecule has 0 unspecified atom stereocenters. The number of aliphatic hydroxyl groups is 1. The van der Waals surface area contributed by atoms with Crippen molar-refractivity contribution in [1.29, 1.82) is 5.26 Å². The number of β-amino-alcohol motifs (C(OH)–C–C–N with tert-alkyl or cyclic N) is 1. The number of hydrogen-bond donors (Lipinski definition) is 1. The van der Waals surface area contributed by atoms with Crippen molar-refractivity contribution in [2.24, 2.45) is 0 Å². The third-order valence-corrected chi connectivity index (χ3v) is 8.37. The molecule has 4 rings (SSSR count). The van der Waals surface area contributed by atoms with E-state index in [2.05, 4.69) is 15.9 Å². The van der Waals surface area contributed by atoms with Crippen LogP contribution in [-0.4, -0.2) is 75.1 Å². The Kier molecular flexibility index (Phi) is 7.77. The van der Waals surface area contributed by atoms with Crippen molar-refractivity contribution < 1.29 is 9.90 Å². The Hall–Kier alpha value is -2.19. The number of thiocarbonyl (C=S) groups is 1. The van der Waals surface area contributed by atoms with Crippen LogP contribution in [0.1, 0.15) is 49.3 Å². The topological polar surface area (TPSA) is 92.8 Å². The van der Waals surface area contributed by atoms with E-state index in [0.717, 1.165) is 50.2 Å². The largest absolute Gasteiger partial charge is 0.395 e. The molecule has 1 N–H and O–H groups in total. The van der Waals surface area contributed by atoms with E-state index in [4.69, 9.17) is 12.2 Å². The molecule has 1 aromatic heterocycles. The average Bonchev–Trinajstić information content (AvgIpc) is 3.44. The zero-order valence-electron chi connectivity index (χ0n) is 19.7. The number of carbonyl (C=O) groups is 1. The van der Waals surface area contributed by atoms with E-state index >= 15 is 0 Å². The standard InChI is InChI=1S/C24H31N5O3S2/c1-3-28-21(27-10-8-26(9-11-27)12-13-30)18(16(2)19(15-25)22(28)31)14-20-23(32)29(24(33)34-20)17-6-4-5-7-17/h14,17,30H,3-13H2,1-2H3/b20-14-. The van der Waals surface area contributed by atoms with Gasteiger partial charge in [-0.1, -0.05) is 36.8 Å². The second-order valence-corrected chi connectivity index (χ2v) is 10.6. The minimum atomic E-state index is -0.300. The van der Waals surface area contributed by atoms with Gasteiger partial charge in [-0.15, -0.1) is 0 Å². The lowest BCUT2D eigenvalue weighted by Gasteiger charge is -2.38. The molecule has 0 radical (unpaired) electrons. The van der Waals surface area contributed by atoms with E-state index in [1.807, 2.05) is 13.0 Å². The zero-order chi connectivity index (χ0) is 24.4. The lowest BCUT2D eigenvalue weighted by atomic mass is 10.0. The number of piperazine rings is 1. The van der Waals surface area contributed by atoms with Crippen molar-refractivity contribution in [3.05, 3.63) is 31.9 Å². The summed E-state index contributed by atoms with van der Waals surface area (Å²) in [6.07, 6.45) is 6.01. The molecule has 8 nitrogen and oxygen atoms in total. The molecule has 1 saturated carbocycles. The van der Waals surface area contributed by atoms with Gasteiger partial charge in [-0.25, -0.2) is 0 Å². The predicted molar refractivity (Wildman–Crippen MR) is 139 cm³/mol. The first-order chi connectivity index (χ1) is 16.4. The molecule has 3 fully saturated rings. The molecule has 1 aromatic rings. The summed E-state index contributed by atoms with van der Waals surface area (Å²) in [5.74, 6) is 0.673. The number of nitrogens with zero attached hydrogens (tertiary/aromatic N) is 5. The summed E-state index contributed by atoms with van der Waals surface area (Å²) in [6, 6.07) is 2.25. The van der Waals surface area contributed by atoms with E-state index in [9.17, 15) is 20.0 Å². The van der Waals surface area contributed by atoms with Crippen molar-refractivity contribution in [2.75, 3.05) is 44.2 Å². The molecule has 0 atom stereocenters. The molecule has 0 spiro atoms. The van der Waals surface area contributed by atoms with E-state index in [0.29, 0.717) is 41.0 Å². The Labute approximate surface area is 209 Å². The number of amides is 1. The third kappa shape index (κ3) is 4.54. The van der Waals surface area contributed by atoms with Gasteiger partial charge in [0.2, 0.25) is 0 Å². The molecule has 1 amide bonds. The van der Waals surface area contributed by atoms with Gasteiger partial charge in [0, 0.05) is 50.9 Å². The van der Waals surface area contributed by atoms with Crippen molar-refractivity contribution >= 4 is 46.1 Å². The summed E-state index contributed by atoms with van der Waals surface area (Å²) in [5, 5.41) is 19.0. The molecule has 3 heterocycles. The lowest BCUT2D eigenvalue weighted by molar-refractivity contribution is -0.123. The molecule has 182 valence electrons. The monoisotopic (exact) mass is 501 g/mol. The summed E-state index contributed by atoms with van der Waals surface area (Å²) >= 11 is 6.89. The minimum absolute atomic E-state index is 0.0761. The van der Waals surface area contributed by atoms with Gasteiger partial charge in [0.05, 0.1) is 11.5 Å². The van der Waals surface area contributed by atoms with E-state index < -0.39 is 0 Å². The van der Waals surface area contributed by atoms with Crippen molar-refractivity contribution in [3.63, 3.8) is 0 Å². The van der Waals surface area contributed by atoms with Gasteiger partial charge < -0.3 is 10.0 Å². The van der Waals surface area contributed by atoms with Gasteiger partial charge in [0.1, 0.15) is 21.8 Å². The third-order valence-electron chi connectivity index (χ3n) is 7.04. The number of rotatable bonds is 6. The van der Waals surface area contributed by atoms with Crippen LogP contribution in [0.3, 0.4) is 0 Å². The quantitative estimate of drug-likeness (QED) is 0.469. The minimum Gasteiger partial charge on any atom is -0.395 e. The van der Waals surface area contributed by atoms with Gasteiger partial charge in [-0.2, -0.15) is 5.26 Å². The van der Waals surface area contributed by atoms with Gasteiger partial charge >= 0.3 is 0 Å². The maximum absolute atomic E-state index is 13.4. The van der Waals surface area contributed by atoms with Crippen LogP contribution in [0.15, 0.2) is 9.70 Å². The number of pyridine rings is 1. The normalized spacial score (nSPS) is 21.2. The molecule has 34 heavy (non-hydrogen) atoms.